The van der Waals surface area contributed by atoms with Crippen molar-refractivity contribution in [1.29, 1.82) is 0 Å². The van der Waals surface area contributed by atoms with Crippen LogP contribution in [0.2, 0.25) is 5.15 Å². The van der Waals surface area contributed by atoms with Gasteiger partial charge in [0.05, 0.1) is 0 Å². The van der Waals surface area contributed by atoms with Gasteiger partial charge in [0.2, 0.25) is 0 Å². The number of likely N-dealkylation sites (tertiary alicyclic amines) is 1. The minimum Gasteiger partial charge on any atom is -0.299 e. The molecule has 2 nitrogen and oxygen atoms in total. The molecule has 3 heteroatoms. The van der Waals surface area contributed by atoms with Crippen molar-refractivity contribution in [2.75, 3.05) is 13.1 Å². The summed E-state index contributed by atoms with van der Waals surface area (Å²) in [5.74, 6) is 1.98. The van der Waals surface area contributed by atoms with Crippen LogP contribution in [0.15, 0.2) is 18.3 Å². The summed E-state index contributed by atoms with van der Waals surface area (Å²) >= 11 is 5.87. The van der Waals surface area contributed by atoms with E-state index in [-0.39, 0.29) is 0 Å². The molecule has 1 aliphatic carbocycles. The molecule has 3 rings (SSSR count). The number of aromatic nitrogens is 1. The fraction of sp³-hybridized carbons (Fsp3) is 0.583. The molecule has 2 heterocycles. The van der Waals surface area contributed by atoms with Crippen LogP contribution >= 0.6 is 11.6 Å². The van der Waals surface area contributed by atoms with Gasteiger partial charge >= 0.3 is 0 Å². The molecule has 2 fully saturated rings. The molecule has 1 aromatic rings. The monoisotopic (exact) mass is 222 g/mol. The van der Waals surface area contributed by atoms with Gasteiger partial charge in [0.1, 0.15) is 5.15 Å². The molecule has 1 aromatic heterocycles. The van der Waals surface area contributed by atoms with Gasteiger partial charge in [0.25, 0.3) is 0 Å². The quantitative estimate of drug-likeness (QED) is 0.716. The Hall–Kier alpha value is -0.600. The molecule has 2 unspecified atom stereocenters. The third kappa shape index (κ3) is 1.88. The van der Waals surface area contributed by atoms with Crippen LogP contribution in [0.1, 0.15) is 18.4 Å². The lowest BCUT2D eigenvalue weighted by atomic mass is 9.77. The van der Waals surface area contributed by atoms with E-state index >= 15 is 0 Å². The lowest BCUT2D eigenvalue weighted by Crippen LogP contribution is -2.22. The number of hydrogen-bond acceptors (Lipinski definition) is 2. The van der Waals surface area contributed by atoms with E-state index in [0.717, 1.165) is 18.4 Å². The first-order chi connectivity index (χ1) is 7.31. The van der Waals surface area contributed by atoms with Gasteiger partial charge in [0.15, 0.2) is 0 Å². The molecule has 0 N–H and O–H groups in total. The molecule has 0 bridgehead atoms. The molecule has 2 aliphatic rings. The van der Waals surface area contributed by atoms with Crippen molar-refractivity contribution in [3.05, 3.63) is 29.0 Å². The van der Waals surface area contributed by atoms with Crippen LogP contribution < -0.4 is 0 Å². The highest BCUT2D eigenvalue weighted by Gasteiger charge is 2.38. The van der Waals surface area contributed by atoms with E-state index in [1.807, 2.05) is 6.07 Å². The van der Waals surface area contributed by atoms with Crippen molar-refractivity contribution in [2.24, 2.45) is 11.8 Å². The smallest absolute Gasteiger partial charge is 0.129 e. The Morgan fingerprint density at radius 1 is 1.33 bits per heavy atom. The Morgan fingerprint density at radius 2 is 2.07 bits per heavy atom. The molecule has 80 valence electrons. The molecule has 0 radical (unpaired) electrons. The van der Waals surface area contributed by atoms with Gasteiger partial charge in [-0.05, 0) is 42.4 Å². The molecule has 1 saturated carbocycles. The number of rotatable bonds is 2. The zero-order chi connectivity index (χ0) is 10.3. The van der Waals surface area contributed by atoms with Crippen LogP contribution in [0.4, 0.5) is 0 Å². The second-order valence-corrected chi connectivity index (χ2v) is 5.17. The van der Waals surface area contributed by atoms with Crippen LogP contribution in [0.3, 0.4) is 0 Å². The van der Waals surface area contributed by atoms with Gasteiger partial charge < -0.3 is 0 Å². The van der Waals surface area contributed by atoms with Crippen molar-refractivity contribution in [1.82, 2.24) is 9.88 Å². The maximum atomic E-state index is 5.87. The van der Waals surface area contributed by atoms with Crippen LogP contribution in [0, 0.1) is 11.8 Å². The van der Waals surface area contributed by atoms with E-state index in [9.17, 15) is 0 Å². The highest BCUT2D eigenvalue weighted by atomic mass is 35.5. The number of fused-ring (bicyclic) bond motifs is 1. The summed E-state index contributed by atoms with van der Waals surface area (Å²) in [5.41, 5.74) is 1.29. The first kappa shape index (κ1) is 9.61. The molecule has 0 spiro atoms. The van der Waals surface area contributed by atoms with Crippen molar-refractivity contribution >= 4 is 11.6 Å². The Morgan fingerprint density at radius 3 is 2.67 bits per heavy atom. The van der Waals surface area contributed by atoms with Gasteiger partial charge in [-0.2, -0.15) is 0 Å². The third-order valence-electron chi connectivity index (χ3n) is 3.76. The fourth-order valence-corrected chi connectivity index (χ4v) is 2.98. The summed E-state index contributed by atoms with van der Waals surface area (Å²) in [7, 11) is 0. The highest BCUT2D eigenvalue weighted by Crippen LogP contribution is 2.40. The molecule has 0 amide bonds. The Kier molecular flexibility index (Phi) is 2.41. The predicted molar refractivity (Wildman–Crippen MR) is 60.7 cm³/mol. The Balaban J connectivity index is 1.65. The Bertz CT molecular complexity index is 354. The molecule has 1 aliphatic heterocycles. The van der Waals surface area contributed by atoms with E-state index in [1.54, 1.807) is 6.20 Å². The molecular weight excluding hydrogens is 208 g/mol. The van der Waals surface area contributed by atoms with E-state index in [1.165, 1.54) is 31.5 Å². The Labute approximate surface area is 95.3 Å². The van der Waals surface area contributed by atoms with Crippen molar-refractivity contribution in [3.8, 4) is 0 Å². The topological polar surface area (TPSA) is 16.1 Å². The average molecular weight is 223 g/mol. The molecule has 2 atom stereocenters. The molecule has 1 saturated heterocycles. The van der Waals surface area contributed by atoms with Gasteiger partial charge in [-0.3, -0.25) is 4.90 Å². The second-order valence-electron chi connectivity index (χ2n) is 4.78. The van der Waals surface area contributed by atoms with E-state index in [0.29, 0.717) is 5.15 Å². The zero-order valence-corrected chi connectivity index (χ0v) is 9.45. The average Bonchev–Trinajstić information content (AvgIpc) is 2.45. The maximum Gasteiger partial charge on any atom is 0.129 e. The SMILES string of the molecule is Clc1cc(CN2CC3CCC3C2)ccn1. The zero-order valence-electron chi connectivity index (χ0n) is 8.69. The van der Waals surface area contributed by atoms with Crippen LogP contribution in [-0.2, 0) is 6.54 Å². The fourth-order valence-electron chi connectivity index (χ4n) is 2.78. The van der Waals surface area contributed by atoms with Gasteiger partial charge in [-0.1, -0.05) is 11.6 Å². The van der Waals surface area contributed by atoms with Crippen LogP contribution in [0.25, 0.3) is 0 Å². The first-order valence-corrected chi connectivity index (χ1v) is 6.02. The van der Waals surface area contributed by atoms with E-state index < -0.39 is 0 Å². The lowest BCUT2D eigenvalue weighted by molar-refractivity contribution is 0.243. The highest BCUT2D eigenvalue weighted by molar-refractivity contribution is 6.29. The van der Waals surface area contributed by atoms with Crippen molar-refractivity contribution in [3.63, 3.8) is 0 Å². The summed E-state index contributed by atoms with van der Waals surface area (Å²) in [6.45, 7) is 3.60. The lowest BCUT2D eigenvalue weighted by Gasteiger charge is -2.28. The minimum atomic E-state index is 0.606. The minimum absolute atomic E-state index is 0.606. The van der Waals surface area contributed by atoms with Crippen molar-refractivity contribution in [2.45, 2.75) is 19.4 Å². The molecule has 0 aromatic carbocycles. The summed E-state index contributed by atoms with van der Waals surface area (Å²) in [6.07, 6.45) is 4.68. The molecule has 15 heavy (non-hydrogen) atoms. The van der Waals surface area contributed by atoms with Crippen LogP contribution in [-0.4, -0.2) is 23.0 Å². The number of pyridine rings is 1. The number of halogens is 1. The second kappa shape index (κ2) is 3.76. The van der Waals surface area contributed by atoms with Gasteiger partial charge in [0, 0.05) is 25.8 Å². The van der Waals surface area contributed by atoms with Gasteiger partial charge in [-0.25, -0.2) is 4.98 Å². The van der Waals surface area contributed by atoms with E-state index in [4.69, 9.17) is 11.6 Å². The summed E-state index contributed by atoms with van der Waals surface area (Å²) in [5, 5.41) is 0.606. The largest absolute Gasteiger partial charge is 0.299 e. The van der Waals surface area contributed by atoms with Crippen molar-refractivity contribution < 1.29 is 0 Å². The third-order valence-corrected chi connectivity index (χ3v) is 3.96. The number of hydrogen-bond donors (Lipinski definition) is 0. The summed E-state index contributed by atoms with van der Waals surface area (Å²) in [6, 6.07) is 4.04. The summed E-state index contributed by atoms with van der Waals surface area (Å²) in [4.78, 5) is 6.55. The predicted octanol–water partition coefficient (Wildman–Crippen LogP) is 2.58. The van der Waals surface area contributed by atoms with Gasteiger partial charge in [-0.15, -0.1) is 0 Å². The molecular formula is C12H15ClN2. The van der Waals surface area contributed by atoms with E-state index in [2.05, 4.69) is 16.0 Å². The number of nitrogens with zero attached hydrogens (tertiary/aromatic N) is 2. The summed E-state index contributed by atoms with van der Waals surface area (Å²) < 4.78 is 0. The van der Waals surface area contributed by atoms with Crippen LogP contribution in [0.5, 0.6) is 0 Å². The normalized spacial score (nSPS) is 29.9. The standard InChI is InChI=1S/C12H15ClN2/c13-12-5-9(3-4-14-12)6-15-7-10-1-2-11(10)8-15/h3-5,10-11H,1-2,6-8H2. The first-order valence-electron chi connectivity index (χ1n) is 5.64. The maximum absolute atomic E-state index is 5.87.